The van der Waals surface area contributed by atoms with Crippen LogP contribution >= 0.6 is 23.2 Å². The molecule has 11 heteroatoms. The largest absolute Gasteiger partial charge is 0.340 e. The standard InChI is InChI=1S/C38H52Cl2N8O/c1-6-45-15-19-47(20-16-45)37-43-34-24-29(9-10-30(34)35(49)48(37)12-11-26-7-8-28(39)23-32(26)40)41-36(46-17-13-44(5)14-18-46)42-33-22-27-21-31(25(33)2)38(27,3)4/h7-10,23-25,27,31,33H,6,11-22H2,1-5H3,(H,41,42)/t25-,27-,31+,33-/m0/s1. The van der Waals surface area contributed by atoms with Gasteiger partial charge in [-0.25, -0.2) is 9.98 Å². The van der Waals surface area contributed by atoms with Gasteiger partial charge in [-0.05, 0) is 91.9 Å². The van der Waals surface area contributed by atoms with Crippen molar-refractivity contribution in [1.29, 1.82) is 0 Å². The van der Waals surface area contributed by atoms with Crippen LogP contribution in [0.5, 0.6) is 0 Å². The highest BCUT2D eigenvalue weighted by molar-refractivity contribution is 6.35. The van der Waals surface area contributed by atoms with E-state index < -0.39 is 0 Å². The zero-order chi connectivity index (χ0) is 34.4. The molecular weight excluding hydrogens is 655 g/mol. The summed E-state index contributed by atoms with van der Waals surface area (Å²) in [5, 5.41) is 5.58. The Morgan fingerprint density at radius 2 is 1.76 bits per heavy atom. The van der Waals surface area contributed by atoms with Crippen molar-refractivity contribution in [3.8, 4) is 0 Å². The van der Waals surface area contributed by atoms with Gasteiger partial charge in [-0.3, -0.25) is 9.36 Å². The third-order valence-corrected chi connectivity index (χ3v) is 12.9. The summed E-state index contributed by atoms with van der Waals surface area (Å²) in [6.07, 6.45) is 3.10. The SMILES string of the molecule is CCN1CCN(c2nc3cc(NC(=N[C@H]4C[C@@H]5C[C@H]([C@@H]4C)C5(C)C)N4CCN(C)CC4)ccc3c(=O)n2CCc2ccc(Cl)cc2Cl)CC1. The van der Waals surface area contributed by atoms with E-state index in [1.54, 1.807) is 6.07 Å². The van der Waals surface area contributed by atoms with Gasteiger partial charge in [-0.15, -0.1) is 0 Å². The number of aromatic nitrogens is 2. The summed E-state index contributed by atoms with van der Waals surface area (Å²) in [5.41, 5.74) is 2.98. The molecule has 49 heavy (non-hydrogen) atoms. The molecule has 0 unspecified atom stereocenters. The number of halogens is 2. The normalized spacial score (nSPS) is 26.2. The van der Waals surface area contributed by atoms with Crippen LogP contribution in [0.1, 0.15) is 46.1 Å². The lowest BCUT2D eigenvalue weighted by atomic mass is 9.45. The molecule has 3 saturated carbocycles. The molecule has 0 spiro atoms. The van der Waals surface area contributed by atoms with Crippen LogP contribution in [0.3, 0.4) is 0 Å². The van der Waals surface area contributed by atoms with Crippen LogP contribution in [0.25, 0.3) is 10.9 Å². The molecule has 0 radical (unpaired) electrons. The van der Waals surface area contributed by atoms with E-state index in [1.807, 2.05) is 34.9 Å². The molecule has 3 heterocycles. The van der Waals surface area contributed by atoms with Gasteiger partial charge in [-0.1, -0.05) is 57.0 Å². The van der Waals surface area contributed by atoms with Gasteiger partial charge in [-0.2, -0.15) is 0 Å². The van der Waals surface area contributed by atoms with Crippen molar-refractivity contribution >= 4 is 51.7 Å². The number of hydrogen-bond donors (Lipinski definition) is 1. The Kier molecular flexibility index (Phi) is 9.92. The van der Waals surface area contributed by atoms with E-state index in [1.165, 1.54) is 6.42 Å². The summed E-state index contributed by atoms with van der Waals surface area (Å²) in [6.45, 7) is 18.4. The monoisotopic (exact) mass is 706 g/mol. The number of nitrogens with zero attached hydrogens (tertiary/aromatic N) is 7. The van der Waals surface area contributed by atoms with Crippen LogP contribution < -0.4 is 15.8 Å². The van der Waals surface area contributed by atoms with E-state index in [2.05, 4.69) is 59.7 Å². The number of fused-ring (bicyclic) bond motifs is 3. The van der Waals surface area contributed by atoms with Crippen molar-refractivity contribution < 1.29 is 0 Å². The van der Waals surface area contributed by atoms with Crippen LogP contribution in [-0.2, 0) is 13.0 Å². The Bertz CT molecular complexity index is 1760. The quantitative estimate of drug-likeness (QED) is 0.233. The van der Waals surface area contributed by atoms with Gasteiger partial charge in [0, 0.05) is 74.6 Å². The molecule has 3 aliphatic carbocycles. The fraction of sp³-hybridized carbons (Fsp3) is 0.605. The number of aryl methyl sites for hydroxylation is 1. The Morgan fingerprint density at radius 3 is 2.43 bits per heavy atom. The predicted octanol–water partition coefficient (Wildman–Crippen LogP) is 6.17. The number of guanidine groups is 1. The lowest BCUT2D eigenvalue weighted by Gasteiger charge is -2.61. The number of benzene rings is 2. The number of aliphatic imine (C=N–C) groups is 1. The van der Waals surface area contributed by atoms with E-state index >= 15 is 0 Å². The number of hydrogen-bond acceptors (Lipinski definition) is 6. The van der Waals surface area contributed by atoms with Gasteiger partial charge in [0.2, 0.25) is 5.95 Å². The maximum Gasteiger partial charge on any atom is 0.262 e. The summed E-state index contributed by atoms with van der Waals surface area (Å²) < 4.78 is 1.84. The average molecular weight is 708 g/mol. The molecule has 5 aliphatic rings. The Labute approximate surface area is 301 Å². The lowest BCUT2D eigenvalue weighted by Crippen LogP contribution is -2.57. The van der Waals surface area contributed by atoms with E-state index in [0.29, 0.717) is 51.3 Å². The first-order chi connectivity index (χ1) is 23.5. The van der Waals surface area contributed by atoms with Crippen LogP contribution in [0, 0.1) is 23.2 Å². The molecule has 2 bridgehead atoms. The van der Waals surface area contributed by atoms with Crippen LogP contribution in [-0.4, -0.2) is 102 Å². The fourth-order valence-electron chi connectivity index (χ4n) is 8.74. The van der Waals surface area contributed by atoms with Crippen LogP contribution in [0.15, 0.2) is 46.2 Å². The molecule has 5 fully saturated rings. The first-order valence-corrected chi connectivity index (χ1v) is 19.0. The second-order valence-corrected chi connectivity index (χ2v) is 16.2. The third kappa shape index (κ3) is 6.93. The molecule has 2 saturated heterocycles. The van der Waals surface area contributed by atoms with Gasteiger partial charge in [0.1, 0.15) is 0 Å². The minimum absolute atomic E-state index is 0.0274. The van der Waals surface area contributed by atoms with Gasteiger partial charge in [0.15, 0.2) is 5.96 Å². The second kappa shape index (κ2) is 14.0. The van der Waals surface area contributed by atoms with Crippen molar-refractivity contribution in [2.24, 2.45) is 28.2 Å². The molecule has 9 nitrogen and oxygen atoms in total. The Morgan fingerprint density at radius 1 is 1.00 bits per heavy atom. The number of likely N-dealkylation sites (N-methyl/N-ethyl adjacent to an activating group) is 2. The number of nitrogens with one attached hydrogen (secondary N) is 1. The maximum atomic E-state index is 14.2. The zero-order valence-corrected chi connectivity index (χ0v) is 31.3. The summed E-state index contributed by atoms with van der Waals surface area (Å²) in [5.74, 6) is 3.71. The van der Waals surface area contributed by atoms with E-state index in [-0.39, 0.29) is 5.56 Å². The van der Waals surface area contributed by atoms with Crippen LogP contribution in [0.4, 0.5) is 11.6 Å². The zero-order valence-electron chi connectivity index (χ0n) is 29.8. The highest BCUT2D eigenvalue weighted by Gasteiger charge is 2.56. The molecule has 4 atom stereocenters. The number of rotatable bonds is 7. The van der Waals surface area contributed by atoms with E-state index in [9.17, 15) is 4.79 Å². The summed E-state index contributed by atoms with van der Waals surface area (Å²) >= 11 is 12.7. The highest BCUT2D eigenvalue weighted by atomic mass is 35.5. The molecule has 1 N–H and O–H groups in total. The number of piperazine rings is 2. The van der Waals surface area contributed by atoms with Crippen molar-refractivity contribution in [3.05, 3.63) is 62.4 Å². The molecule has 264 valence electrons. The lowest BCUT2D eigenvalue weighted by molar-refractivity contribution is -0.108. The highest BCUT2D eigenvalue weighted by Crippen LogP contribution is 2.61. The first kappa shape index (κ1) is 34.6. The van der Waals surface area contributed by atoms with Crippen molar-refractivity contribution in [2.75, 3.05) is 76.2 Å². The van der Waals surface area contributed by atoms with Crippen molar-refractivity contribution in [2.45, 2.75) is 59.5 Å². The van der Waals surface area contributed by atoms with E-state index in [4.69, 9.17) is 33.2 Å². The number of anilines is 2. The molecule has 2 aliphatic heterocycles. The Balaban J connectivity index is 1.21. The van der Waals surface area contributed by atoms with Gasteiger partial charge < -0.3 is 24.9 Å². The Hall–Kier alpha value is -2.85. The maximum absolute atomic E-state index is 14.2. The summed E-state index contributed by atoms with van der Waals surface area (Å²) in [4.78, 5) is 34.5. The molecular formula is C38H52Cl2N8O. The molecule has 0 amide bonds. The molecule has 8 rings (SSSR count). The fourth-order valence-corrected chi connectivity index (χ4v) is 9.24. The minimum Gasteiger partial charge on any atom is -0.340 e. The topological polar surface area (TPSA) is 72.2 Å². The van der Waals surface area contributed by atoms with Gasteiger partial charge in [0.25, 0.3) is 5.56 Å². The van der Waals surface area contributed by atoms with Crippen molar-refractivity contribution in [3.63, 3.8) is 0 Å². The second-order valence-electron chi connectivity index (χ2n) is 15.4. The smallest absolute Gasteiger partial charge is 0.262 e. The first-order valence-electron chi connectivity index (χ1n) is 18.3. The molecule has 2 aromatic carbocycles. The van der Waals surface area contributed by atoms with Crippen molar-refractivity contribution in [1.82, 2.24) is 24.3 Å². The molecule has 1 aromatic heterocycles. The summed E-state index contributed by atoms with van der Waals surface area (Å²) in [6, 6.07) is 11.9. The third-order valence-electron chi connectivity index (χ3n) is 12.3. The van der Waals surface area contributed by atoms with Gasteiger partial charge in [0.05, 0.1) is 16.9 Å². The average Bonchev–Trinajstić information content (AvgIpc) is 3.09. The summed E-state index contributed by atoms with van der Waals surface area (Å²) in [7, 11) is 2.19. The van der Waals surface area contributed by atoms with E-state index in [0.717, 1.165) is 100 Å². The van der Waals surface area contributed by atoms with Gasteiger partial charge >= 0.3 is 0 Å². The minimum atomic E-state index is -0.0274. The molecule has 3 aromatic rings. The predicted molar refractivity (Wildman–Crippen MR) is 204 cm³/mol. The van der Waals surface area contributed by atoms with Crippen LogP contribution in [0.2, 0.25) is 10.0 Å².